The lowest BCUT2D eigenvalue weighted by molar-refractivity contribution is 0.164. The molecule has 5 fully saturated rings. The Kier molecular flexibility index (Phi) is 7.68. The van der Waals surface area contributed by atoms with Crippen molar-refractivity contribution in [1.29, 1.82) is 5.26 Å². The van der Waals surface area contributed by atoms with Crippen LogP contribution in [0.25, 0.3) is 32.9 Å². The number of halogens is 2. The number of benzene rings is 2. The summed E-state index contributed by atoms with van der Waals surface area (Å²) in [4.78, 5) is 18.9. The van der Waals surface area contributed by atoms with E-state index in [2.05, 4.69) is 37.1 Å². The van der Waals surface area contributed by atoms with Gasteiger partial charge in [-0.15, -0.1) is 6.42 Å². The van der Waals surface area contributed by atoms with Crippen LogP contribution in [0.1, 0.15) is 44.1 Å². The van der Waals surface area contributed by atoms with Crippen LogP contribution < -0.4 is 19.7 Å². The summed E-state index contributed by atoms with van der Waals surface area (Å²) in [7, 11) is 1.45. The summed E-state index contributed by atoms with van der Waals surface area (Å²) < 4.78 is 44.4. The van der Waals surface area contributed by atoms with Crippen molar-refractivity contribution in [3.63, 3.8) is 0 Å². The van der Waals surface area contributed by atoms with Crippen molar-refractivity contribution in [3.8, 4) is 47.3 Å². The van der Waals surface area contributed by atoms with E-state index in [4.69, 9.17) is 20.9 Å². The van der Waals surface area contributed by atoms with Gasteiger partial charge >= 0.3 is 6.01 Å². The number of piperazine rings is 1. The van der Waals surface area contributed by atoms with Crippen molar-refractivity contribution in [2.45, 2.75) is 50.6 Å². The fourth-order valence-electron chi connectivity index (χ4n) is 9.29. The van der Waals surface area contributed by atoms with Crippen LogP contribution in [-0.2, 0) is 0 Å². The van der Waals surface area contributed by atoms with E-state index in [0.29, 0.717) is 48.1 Å². The number of hydrogen-bond acceptors (Lipinski definition) is 10. The molecule has 0 amide bonds. The minimum absolute atomic E-state index is 0.0320. The molecule has 0 radical (unpaired) electrons. The Bertz CT molecular complexity index is 2140. The average molecular weight is 692 g/mol. The molecule has 2 aromatic heterocycles. The lowest BCUT2D eigenvalue weighted by Crippen LogP contribution is -2.51. The summed E-state index contributed by atoms with van der Waals surface area (Å²) in [6, 6.07) is 8.57. The van der Waals surface area contributed by atoms with Crippen molar-refractivity contribution in [3.05, 3.63) is 41.5 Å². The van der Waals surface area contributed by atoms with Gasteiger partial charge in [0.15, 0.2) is 5.82 Å². The second-order valence-corrected chi connectivity index (χ2v) is 15.3. The number of fused-ring (bicyclic) bond motifs is 5. The Morgan fingerprint density at radius 2 is 1.78 bits per heavy atom. The molecule has 2 saturated carbocycles. The van der Waals surface area contributed by atoms with Gasteiger partial charge in [-0.05, 0) is 73.9 Å². The van der Waals surface area contributed by atoms with Gasteiger partial charge in [-0.2, -0.15) is 15.2 Å². The SMILES string of the molecule is C#Cc1c(F)ccc2cc(O)cc(-c3nc(OC)c4c(N5CC6CCC(C5)N6)nc(OCC5(CN6CC7CC(C#N)CC7C6)CC5)nc4c3F)c12. The highest BCUT2D eigenvalue weighted by atomic mass is 19.1. The van der Waals surface area contributed by atoms with E-state index < -0.39 is 11.6 Å². The summed E-state index contributed by atoms with van der Waals surface area (Å²) in [5.74, 6) is 2.77. The molecule has 2 N–H and O–H groups in total. The number of hydrogen-bond donors (Lipinski definition) is 2. The van der Waals surface area contributed by atoms with Crippen LogP contribution in [0, 0.1) is 58.5 Å². The van der Waals surface area contributed by atoms with E-state index in [1.807, 2.05) is 0 Å². The smallest absolute Gasteiger partial charge is 0.319 e. The summed E-state index contributed by atoms with van der Waals surface area (Å²) in [5.41, 5.74) is -0.202. The molecule has 9 rings (SSSR count). The summed E-state index contributed by atoms with van der Waals surface area (Å²) in [6.45, 7) is 4.68. The van der Waals surface area contributed by atoms with Crippen LogP contribution in [0.2, 0.25) is 0 Å². The fraction of sp³-hybridized carbons (Fsp3) is 0.487. The van der Waals surface area contributed by atoms with Crippen molar-refractivity contribution < 1.29 is 23.4 Å². The summed E-state index contributed by atoms with van der Waals surface area (Å²) in [6.07, 6.45) is 11.9. The van der Waals surface area contributed by atoms with Crippen molar-refractivity contribution in [1.82, 2.24) is 25.2 Å². The number of aromatic nitrogens is 3. The Hall–Kier alpha value is -4.78. The number of nitriles is 1. The number of ether oxygens (including phenoxy) is 2. The van der Waals surface area contributed by atoms with Gasteiger partial charge in [-0.3, -0.25) is 0 Å². The normalized spacial score (nSPS) is 26.3. The number of terminal acetylenes is 1. The molecule has 3 aliphatic heterocycles. The van der Waals surface area contributed by atoms with Gasteiger partial charge in [0, 0.05) is 67.1 Å². The van der Waals surface area contributed by atoms with Crippen LogP contribution in [0.3, 0.4) is 0 Å². The van der Waals surface area contributed by atoms with Gasteiger partial charge in [0.2, 0.25) is 5.88 Å². The molecule has 262 valence electrons. The van der Waals surface area contributed by atoms with Crippen molar-refractivity contribution in [2.24, 2.45) is 23.2 Å². The number of rotatable bonds is 8. The number of phenols is 1. The highest BCUT2D eigenvalue weighted by Gasteiger charge is 2.49. The Labute approximate surface area is 294 Å². The van der Waals surface area contributed by atoms with Gasteiger partial charge in [0.25, 0.3) is 0 Å². The van der Waals surface area contributed by atoms with E-state index >= 15 is 4.39 Å². The monoisotopic (exact) mass is 691 g/mol. The molecule has 4 aromatic rings. The van der Waals surface area contributed by atoms with Gasteiger partial charge in [-0.25, -0.2) is 13.8 Å². The molecule has 5 aliphatic rings. The Morgan fingerprint density at radius 3 is 2.45 bits per heavy atom. The zero-order chi connectivity index (χ0) is 35.0. The van der Waals surface area contributed by atoms with E-state index in [0.717, 1.165) is 58.2 Å². The molecular weight excluding hydrogens is 652 g/mol. The number of aromatic hydroxyl groups is 1. The van der Waals surface area contributed by atoms with E-state index in [9.17, 15) is 14.8 Å². The summed E-state index contributed by atoms with van der Waals surface area (Å²) in [5, 5.41) is 24.7. The minimum atomic E-state index is -0.781. The molecule has 3 saturated heterocycles. The number of anilines is 1. The minimum Gasteiger partial charge on any atom is -0.508 e. The zero-order valence-corrected chi connectivity index (χ0v) is 28.5. The van der Waals surface area contributed by atoms with Gasteiger partial charge in [0.1, 0.15) is 34.0 Å². The number of methoxy groups -OCH3 is 1. The molecule has 4 atom stereocenters. The predicted octanol–water partition coefficient (Wildman–Crippen LogP) is 5.40. The van der Waals surface area contributed by atoms with Gasteiger partial charge < -0.3 is 29.7 Å². The lowest BCUT2D eigenvalue weighted by Gasteiger charge is -2.34. The molecule has 2 aliphatic carbocycles. The van der Waals surface area contributed by atoms with Gasteiger partial charge in [0.05, 0.1) is 25.3 Å². The topological polar surface area (TPSA) is 120 Å². The largest absolute Gasteiger partial charge is 0.508 e. The fourth-order valence-corrected chi connectivity index (χ4v) is 9.29. The average Bonchev–Trinajstić information content (AvgIpc) is 3.43. The predicted molar refractivity (Wildman–Crippen MR) is 187 cm³/mol. The first-order valence-electron chi connectivity index (χ1n) is 17.9. The van der Waals surface area contributed by atoms with Crippen LogP contribution in [0.15, 0.2) is 24.3 Å². The first kappa shape index (κ1) is 32.1. The number of nitrogens with zero attached hydrogens (tertiary/aromatic N) is 6. The standard InChI is InChI=1S/C39H39F2N7O3/c1-3-28-30(40)7-4-22-12-27(49)13-29(31(22)28)34-33(41)35-32(37(44-34)50-2)36(48-17-25-5-6-26(18-48)43-25)46-38(45-35)51-20-39(8-9-39)19-47-15-23-10-21(14-42)11-24(23)16-47/h1,4,7,12-13,21,23-26,43,49H,5-6,8-11,15-20H2,2H3. The molecule has 2 bridgehead atoms. The van der Waals surface area contributed by atoms with Crippen LogP contribution in [-0.4, -0.2) is 83.5 Å². The first-order chi connectivity index (χ1) is 24.7. The first-order valence-corrected chi connectivity index (χ1v) is 17.9. The van der Waals surface area contributed by atoms with Crippen LogP contribution in [0.5, 0.6) is 17.6 Å². The number of pyridine rings is 1. The molecule has 0 spiro atoms. The molecule has 12 heteroatoms. The molecule has 5 heterocycles. The second-order valence-electron chi connectivity index (χ2n) is 15.3. The Balaban J connectivity index is 1.11. The summed E-state index contributed by atoms with van der Waals surface area (Å²) >= 11 is 0. The third kappa shape index (κ3) is 5.56. The highest BCUT2D eigenvalue weighted by Crippen LogP contribution is 2.50. The van der Waals surface area contributed by atoms with Crippen molar-refractivity contribution >= 4 is 27.5 Å². The van der Waals surface area contributed by atoms with Crippen molar-refractivity contribution in [2.75, 3.05) is 51.3 Å². The molecule has 2 aromatic carbocycles. The van der Waals surface area contributed by atoms with Gasteiger partial charge in [-0.1, -0.05) is 12.0 Å². The van der Waals surface area contributed by atoms with Crippen LogP contribution in [0.4, 0.5) is 14.6 Å². The number of nitrogens with one attached hydrogen (secondary N) is 1. The maximum atomic E-state index is 17.1. The van der Waals surface area contributed by atoms with Crippen LogP contribution >= 0.6 is 0 Å². The van der Waals surface area contributed by atoms with E-state index in [1.54, 1.807) is 0 Å². The Morgan fingerprint density at radius 1 is 1.04 bits per heavy atom. The molecule has 4 unspecified atom stereocenters. The highest BCUT2D eigenvalue weighted by molar-refractivity contribution is 6.04. The molecule has 51 heavy (non-hydrogen) atoms. The van der Waals surface area contributed by atoms with E-state index in [1.165, 1.54) is 31.4 Å². The zero-order valence-electron chi connectivity index (χ0n) is 28.5. The molecule has 10 nitrogen and oxygen atoms in total. The number of phenolic OH excluding ortho intramolecular Hbond substituents is 1. The quantitative estimate of drug-likeness (QED) is 0.233. The van der Waals surface area contributed by atoms with E-state index in [-0.39, 0.29) is 68.8 Å². The number of likely N-dealkylation sites (tertiary alicyclic amines) is 1. The maximum absolute atomic E-state index is 17.1. The lowest BCUT2D eigenvalue weighted by atomic mass is 9.95. The molecular formula is C39H39F2N7O3. The third-order valence-corrected chi connectivity index (χ3v) is 11.9. The second kappa shape index (κ2) is 12.2. The third-order valence-electron chi connectivity index (χ3n) is 11.9. The maximum Gasteiger partial charge on any atom is 0.319 e.